The van der Waals surface area contributed by atoms with Crippen LogP contribution >= 0.6 is 0 Å². The standard InChI is InChI=1S/C12H14N2O/c1-2-9-3-5-10(6-4-9)11-7-8-12(15)14-13-11/h3-6H,2,7-8H2,1H3,(H,14,15). The molecule has 2 rings (SSSR count). The van der Waals surface area contributed by atoms with E-state index < -0.39 is 0 Å². The van der Waals surface area contributed by atoms with Gasteiger partial charge in [0.1, 0.15) is 0 Å². The Balaban J connectivity index is 2.19. The molecule has 15 heavy (non-hydrogen) atoms. The quantitative estimate of drug-likeness (QED) is 0.781. The van der Waals surface area contributed by atoms with Crippen LogP contribution in [0.3, 0.4) is 0 Å². The van der Waals surface area contributed by atoms with Crippen molar-refractivity contribution in [2.75, 3.05) is 0 Å². The SMILES string of the molecule is CCc1ccc(C2=NNC(=O)CC2)cc1. The molecule has 0 unspecified atom stereocenters. The van der Waals surface area contributed by atoms with Gasteiger partial charge in [-0.3, -0.25) is 4.79 Å². The lowest BCUT2D eigenvalue weighted by atomic mass is 10.0. The van der Waals surface area contributed by atoms with E-state index in [2.05, 4.69) is 41.7 Å². The van der Waals surface area contributed by atoms with Crippen molar-refractivity contribution in [3.63, 3.8) is 0 Å². The van der Waals surface area contributed by atoms with Crippen molar-refractivity contribution in [2.45, 2.75) is 26.2 Å². The van der Waals surface area contributed by atoms with Crippen molar-refractivity contribution in [3.8, 4) is 0 Å². The predicted molar refractivity (Wildman–Crippen MR) is 59.7 cm³/mol. The molecule has 1 amide bonds. The van der Waals surface area contributed by atoms with E-state index in [1.54, 1.807) is 0 Å². The fourth-order valence-electron chi connectivity index (χ4n) is 1.62. The summed E-state index contributed by atoms with van der Waals surface area (Å²) in [6, 6.07) is 8.34. The Morgan fingerprint density at radius 1 is 1.27 bits per heavy atom. The van der Waals surface area contributed by atoms with E-state index in [1.807, 2.05) is 0 Å². The molecule has 0 aromatic heterocycles. The summed E-state index contributed by atoms with van der Waals surface area (Å²) < 4.78 is 0. The third-order valence-corrected chi connectivity index (χ3v) is 2.60. The summed E-state index contributed by atoms with van der Waals surface area (Å²) in [5.74, 6) is 0.00364. The number of hydrogen-bond acceptors (Lipinski definition) is 2. The van der Waals surface area contributed by atoms with Crippen LogP contribution in [0.25, 0.3) is 0 Å². The lowest BCUT2D eigenvalue weighted by Crippen LogP contribution is -2.25. The van der Waals surface area contributed by atoms with Gasteiger partial charge in [0.05, 0.1) is 5.71 Å². The summed E-state index contributed by atoms with van der Waals surface area (Å²) in [6.07, 6.45) is 2.31. The molecular formula is C12H14N2O. The van der Waals surface area contributed by atoms with Gasteiger partial charge in [0.15, 0.2) is 0 Å². The second-order valence-electron chi connectivity index (χ2n) is 3.64. The van der Waals surface area contributed by atoms with Gasteiger partial charge in [-0.2, -0.15) is 5.10 Å². The van der Waals surface area contributed by atoms with Gasteiger partial charge in [-0.15, -0.1) is 0 Å². The Labute approximate surface area is 89.2 Å². The molecule has 0 radical (unpaired) electrons. The van der Waals surface area contributed by atoms with Crippen LogP contribution in [0.15, 0.2) is 29.4 Å². The summed E-state index contributed by atoms with van der Waals surface area (Å²) in [4.78, 5) is 10.9. The highest BCUT2D eigenvalue weighted by Gasteiger charge is 2.12. The van der Waals surface area contributed by atoms with Gasteiger partial charge >= 0.3 is 0 Å². The number of carbonyl (C=O) groups is 1. The Morgan fingerprint density at radius 3 is 2.53 bits per heavy atom. The molecule has 0 atom stereocenters. The highest BCUT2D eigenvalue weighted by Crippen LogP contribution is 2.11. The minimum atomic E-state index is 0.00364. The van der Waals surface area contributed by atoms with Crippen molar-refractivity contribution in [1.29, 1.82) is 0 Å². The van der Waals surface area contributed by atoms with Crippen LogP contribution in [0.4, 0.5) is 0 Å². The molecule has 0 spiro atoms. The van der Waals surface area contributed by atoms with Crippen LogP contribution in [0, 0.1) is 0 Å². The third kappa shape index (κ3) is 2.24. The molecule has 78 valence electrons. The molecule has 0 saturated carbocycles. The maximum absolute atomic E-state index is 10.9. The highest BCUT2D eigenvalue weighted by molar-refractivity contribution is 6.04. The smallest absolute Gasteiger partial charge is 0.240 e. The zero-order valence-electron chi connectivity index (χ0n) is 8.79. The van der Waals surface area contributed by atoms with Crippen molar-refractivity contribution in [1.82, 2.24) is 5.43 Å². The number of amides is 1. The Morgan fingerprint density at radius 2 is 2.00 bits per heavy atom. The van der Waals surface area contributed by atoms with Crippen LogP contribution < -0.4 is 5.43 Å². The minimum absolute atomic E-state index is 0.00364. The molecule has 1 aromatic rings. The number of carbonyl (C=O) groups excluding carboxylic acids is 1. The fourth-order valence-corrected chi connectivity index (χ4v) is 1.62. The first-order valence-corrected chi connectivity index (χ1v) is 5.24. The zero-order chi connectivity index (χ0) is 10.7. The maximum Gasteiger partial charge on any atom is 0.240 e. The van der Waals surface area contributed by atoms with E-state index >= 15 is 0 Å². The molecule has 1 aromatic carbocycles. The largest absolute Gasteiger partial charge is 0.273 e. The van der Waals surface area contributed by atoms with Crippen LogP contribution in [0.1, 0.15) is 30.9 Å². The van der Waals surface area contributed by atoms with Crippen LogP contribution in [0.5, 0.6) is 0 Å². The van der Waals surface area contributed by atoms with Gasteiger partial charge in [0.2, 0.25) is 5.91 Å². The van der Waals surface area contributed by atoms with E-state index in [4.69, 9.17) is 0 Å². The molecule has 0 aliphatic carbocycles. The topological polar surface area (TPSA) is 41.5 Å². The molecule has 0 fully saturated rings. The van der Waals surface area contributed by atoms with Gasteiger partial charge in [-0.1, -0.05) is 31.2 Å². The van der Waals surface area contributed by atoms with Crippen molar-refractivity contribution >= 4 is 11.6 Å². The molecule has 1 N–H and O–H groups in total. The second-order valence-corrected chi connectivity index (χ2v) is 3.64. The average Bonchev–Trinajstić information content (AvgIpc) is 2.30. The van der Waals surface area contributed by atoms with E-state index in [9.17, 15) is 4.79 Å². The highest BCUT2D eigenvalue weighted by atomic mass is 16.2. The van der Waals surface area contributed by atoms with Gasteiger partial charge in [-0.05, 0) is 17.5 Å². The molecule has 0 bridgehead atoms. The number of nitrogens with one attached hydrogen (secondary N) is 1. The lowest BCUT2D eigenvalue weighted by Gasteiger charge is -2.12. The molecule has 1 aliphatic heterocycles. The fraction of sp³-hybridized carbons (Fsp3) is 0.333. The number of hydrogen-bond donors (Lipinski definition) is 1. The summed E-state index contributed by atoms with van der Waals surface area (Å²) in [6.45, 7) is 2.13. The average molecular weight is 202 g/mol. The Bertz CT molecular complexity index is 393. The molecule has 3 nitrogen and oxygen atoms in total. The molecule has 3 heteroatoms. The number of hydrazone groups is 1. The van der Waals surface area contributed by atoms with E-state index in [0.29, 0.717) is 6.42 Å². The first-order valence-electron chi connectivity index (χ1n) is 5.24. The van der Waals surface area contributed by atoms with Crippen molar-refractivity contribution < 1.29 is 4.79 Å². The lowest BCUT2D eigenvalue weighted by molar-refractivity contribution is -0.121. The van der Waals surface area contributed by atoms with Gasteiger partial charge in [0, 0.05) is 12.8 Å². The van der Waals surface area contributed by atoms with Gasteiger partial charge in [0.25, 0.3) is 0 Å². The van der Waals surface area contributed by atoms with Crippen molar-refractivity contribution in [3.05, 3.63) is 35.4 Å². The maximum atomic E-state index is 10.9. The summed E-state index contributed by atoms with van der Waals surface area (Å²) >= 11 is 0. The monoisotopic (exact) mass is 202 g/mol. The number of nitrogens with zero attached hydrogens (tertiary/aromatic N) is 1. The Hall–Kier alpha value is -1.64. The van der Waals surface area contributed by atoms with Crippen LogP contribution in [-0.4, -0.2) is 11.6 Å². The normalized spacial score (nSPS) is 15.8. The first kappa shape index (κ1) is 9.90. The molecule has 0 saturated heterocycles. The van der Waals surface area contributed by atoms with E-state index in [1.165, 1.54) is 5.56 Å². The molecular weight excluding hydrogens is 188 g/mol. The van der Waals surface area contributed by atoms with E-state index in [0.717, 1.165) is 24.1 Å². The molecule has 1 aliphatic rings. The summed E-state index contributed by atoms with van der Waals surface area (Å²) in [7, 11) is 0. The number of benzene rings is 1. The predicted octanol–water partition coefficient (Wildman–Crippen LogP) is 1.86. The minimum Gasteiger partial charge on any atom is -0.273 e. The first-order chi connectivity index (χ1) is 7.29. The Kier molecular flexibility index (Phi) is 2.81. The summed E-state index contributed by atoms with van der Waals surface area (Å²) in [5, 5.41) is 4.05. The van der Waals surface area contributed by atoms with Crippen LogP contribution in [0.2, 0.25) is 0 Å². The van der Waals surface area contributed by atoms with Gasteiger partial charge < -0.3 is 0 Å². The molecule has 1 heterocycles. The zero-order valence-corrected chi connectivity index (χ0v) is 8.79. The summed E-state index contributed by atoms with van der Waals surface area (Å²) in [5.41, 5.74) is 5.90. The third-order valence-electron chi connectivity index (χ3n) is 2.60. The number of aryl methyl sites for hydroxylation is 1. The second kappa shape index (κ2) is 4.26. The van der Waals surface area contributed by atoms with Gasteiger partial charge in [-0.25, -0.2) is 5.43 Å². The number of rotatable bonds is 2. The van der Waals surface area contributed by atoms with Crippen LogP contribution in [-0.2, 0) is 11.2 Å². The van der Waals surface area contributed by atoms with Crippen molar-refractivity contribution in [2.24, 2.45) is 5.10 Å². The van der Waals surface area contributed by atoms with E-state index in [-0.39, 0.29) is 5.91 Å².